The Morgan fingerprint density at radius 2 is 1.57 bits per heavy atom. The van der Waals surface area contributed by atoms with Crippen LogP contribution in [0.1, 0.15) is 41.4 Å². The summed E-state index contributed by atoms with van der Waals surface area (Å²) in [5.41, 5.74) is 6.20. The van der Waals surface area contributed by atoms with Crippen molar-refractivity contribution in [2.75, 3.05) is 6.54 Å². The smallest absolute Gasteiger partial charge is 0.272 e. The molecule has 0 saturated heterocycles. The van der Waals surface area contributed by atoms with Crippen LogP contribution in [0, 0.1) is 0 Å². The van der Waals surface area contributed by atoms with Gasteiger partial charge < -0.3 is 14.7 Å². The van der Waals surface area contributed by atoms with E-state index in [9.17, 15) is 9.90 Å². The maximum Gasteiger partial charge on any atom is 0.272 e. The number of pyridine rings is 1. The summed E-state index contributed by atoms with van der Waals surface area (Å²) in [6, 6.07) is 20.2. The van der Waals surface area contributed by atoms with Gasteiger partial charge in [-0.2, -0.15) is 5.10 Å². The third-order valence-electron chi connectivity index (χ3n) is 8.26. The third-order valence-corrected chi connectivity index (χ3v) is 8.26. The van der Waals surface area contributed by atoms with Crippen LogP contribution >= 0.6 is 0 Å². The van der Waals surface area contributed by atoms with Gasteiger partial charge in [-0.15, -0.1) is 0 Å². The molecule has 0 aliphatic carbocycles. The highest BCUT2D eigenvalue weighted by atomic mass is 16.5. The number of rotatable bonds is 8. The molecule has 4 aromatic rings. The van der Waals surface area contributed by atoms with Gasteiger partial charge in [-0.1, -0.05) is 50.2 Å². The van der Waals surface area contributed by atoms with Crippen molar-refractivity contribution in [1.29, 1.82) is 0 Å². The van der Waals surface area contributed by atoms with Crippen LogP contribution in [0.4, 0.5) is 0 Å². The molecule has 1 aliphatic heterocycles. The summed E-state index contributed by atoms with van der Waals surface area (Å²) in [5, 5.41) is 13.9. The molecule has 40 heavy (non-hydrogen) atoms. The van der Waals surface area contributed by atoms with Gasteiger partial charge in [-0.05, 0) is 52.2 Å². The van der Waals surface area contributed by atoms with E-state index in [4.69, 9.17) is 9.84 Å². The fraction of sp³-hybridized carbons (Fsp3) is 0.276. The number of nitrogens with zero attached hydrogens (tertiary/aromatic N) is 4. The minimum atomic E-state index is -1.09. The maximum absolute atomic E-state index is 14.1. The molecule has 0 bridgehead atoms. The van der Waals surface area contributed by atoms with Crippen molar-refractivity contribution >= 4 is 37.3 Å². The Balaban J connectivity index is 1.48. The van der Waals surface area contributed by atoms with Gasteiger partial charge in [0.05, 0.1) is 6.54 Å². The summed E-state index contributed by atoms with van der Waals surface area (Å²) < 4.78 is 7.88. The van der Waals surface area contributed by atoms with Crippen molar-refractivity contribution in [2.45, 2.75) is 43.7 Å². The molecule has 2 aromatic heterocycles. The van der Waals surface area contributed by atoms with Crippen molar-refractivity contribution in [3.63, 3.8) is 0 Å². The SMILES string of the molecule is BC(B)(O)C(B)(B)N1CCn2nc(-c3ccncc3)c(-c3ccc(OCc4ccc(C(C)C)cc4)cc3)c2C1=O. The zero-order valence-corrected chi connectivity index (χ0v) is 24.2. The minimum Gasteiger partial charge on any atom is -0.489 e. The largest absolute Gasteiger partial charge is 0.489 e. The zero-order chi connectivity index (χ0) is 28.7. The summed E-state index contributed by atoms with van der Waals surface area (Å²) >= 11 is 0. The monoisotopic (exact) mass is 530 g/mol. The average molecular weight is 530 g/mol. The first-order chi connectivity index (χ1) is 19.0. The molecule has 5 rings (SSSR count). The number of carbonyl (C=O) groups excluding carboxylic acids is 1. The summed E-state index contributed by atoms with van der Waals surface area (Å²) in [6.45, 7) is 5.84. The van der Waals surface area contributed by atoms with Gasteiger partial charge in [-0.3, -0.25) is 14.5 Å². The Hall–Kier alpha value is -3.71. The van der Waals surface area contributed by atoms with Crippen LogP contribution in [0.15, 0.2) is 73.1 Å². The van der Waals surface area contributed by atoms with Gasteiger partial charge in [0.2, 0.25) is 0 Å². The Morgan fingerprint density at radius 3 is 2.17 bits per heavy atom. The highest BCUT2D eigenvalue weighted by molar-refractivity contribution is 6.54. The Morgan fingerprint density at radius 1 is 0.925 bits per heavy atom. The number of benzene rings is 2. The lowest BCUT2D eigenvalue weighted by Crippen LogP contribution is -2.69. The third kappa shape index (κ3) is 5.22. The van der Waals surface area contributed by atoms with Crippen LogP contribution in [0.2, 0.25) is 0 Å². The highest BCUT2D eigenvalue weighted by Crippen LogP contribution is 2.38. The second-order valence-electron chi connectivity index (χ2n) is 11.8. The Bertz CT molecular complexity index is 1500. The molecule has 0 saturated carbocycles. The fourth-order valence-electron chi connectivity index (χ4n) is 5.00. The molecule has 0 atom stereocenters. The van der Waals surface area contributed by atoms with Gasteiger partial charge in [0.25, 0.3) is 5.91 Å². The van der Waals surface area contributed by atoms with Crippen LogP contribution in [0.25, 0.3) is 22.4 Å². The zero-order valence-electron chi connectivity index (χ0n) is 24.2. The highest BCUT2D eigenvalue weighted by Gasteiger charge is 2.45. The molecule has 0 radical (unpaired) electrons. The quantitative estimate of drug-likeness (QED) is 0.338. The first kappa shape index (κ1) is 27.8. The van der Waals surface area contributed by atoms with E-state index in [1.54, 1.807) is 37.7 Å². The van der Waals surface area contributed by atoms with Gasteiger partial charge in [-0.25, -0.2) is 0 Å². The number of hydrogen-bond donors (Lipinski definition) is 1. The molecule has 0 unspecified atom stereocenters. The van der Waals surface area contributed by atoms with E-state index >= 15 is 0 Å². The van der Waals surface area contributed by atoms with E-state index in [-0.39, 0.29) is 5.91 Å². The number of hydrogen-bond acceptors (Lipinski definition) is 5. The van der Waals surface area contributed by atoms with Crippen molar-refractivity contribution < 1.29 is 14.6 Å². The fourth-order valence-corrected chi connectivity index (χ4v) is 5.00. The molecule has 200 valence electrons. The number of aromatic nitrogens is 3. The topological polar surface area (TPSA) is 80.5 Å². The number of aliphatic hydroxyl groups is 1. The number of carbonyl (C=O) groups is 1. The molecule has 1 aliphatic rings. The Kier molecular flexibility index (Phi) is 7.44. The van der Waals surface area contributed by atoms with Gasteiger partial charge in [0, 0.05) is 35.5 Å². The maximum atomic E-state index is 14.1. The molecule has 11 heteroatoms. The predicted molar refractivity (Wildman–Crippen MR) is 169 cm³/mol. The first-order valence-corrected chi connectivity index (χ1v) is 13.8. The Labute approximate surface area is 239 Å². The number of amides is 1. The molecule has 7 nitrogen and oxygen atoms in total. The van der Waals surface area contributed by atoms with Crippen LogP contribution in [0.5, 0.6) is 5.75 Å². The molecular weight excluding hydrogens is 496 g/mol. The summed E-state index contributed by atoms with van der Waals surface area (Å²) in [4.78, 5) is 20.0. The molecule has 1 amide bonds. The van der Waals surface area contributed by atoms with E-state index in [0.717, 1.165) is 33.7 Å². The van der Waals surface area contributed by atoms with Crippen LogP contribution in [-0.4, -0.2) is 79.3 Å². The molecule has 0 spiro atoms. The number of ether oxygens (including phenoxy) is 1. The lowest BCUT2D eigenvalue weighted by atomic mass is 9.39. The van der Waals surface area contributed by atoms with Crippen molar-refractivity contribution in [1.82, 2.24) is 19.7 Å². The van der Waals surface area contributed by atoms with Gasteiger partial charge in [0.1, 0.15) is 55.1 Å². The summed E-state index contributed by atoms with van der Waals surface area (Å²) in [5.74, 6) is 1.10. The van der Waals surface area contributed by atoms with Crippen molar-refractivity contribution in [2.24, 2.45) is 0 Å². The molecule has 1 N–H and O–H groups in total. The van der Waals surface area contributed by atoms with Crippen molar-refractivity contribution in [3.8, 4) is 28.1 Å². The lowest BCUT2D eigenvalue weighted by Gasteiger charge is -2.49. The second-order valence-corrected chi connectivity index (χ2v) is 11.8. The standard InChI is InChI=1S/C29H34B4N4O3/c1-18(2)20-5-3-19(4-6-20)17-40-23-9-7-21(8-10-23)24-25(22-11-13-34-14-12-22)35-37-16-15-36(27(38)26(24)37)28(30,31)29(32,33)39/h3-14,18,39H,15-17,30-33H2,1-2H3. The molecule has 2 aromatic carbocycles. The summed E-state index contributed by atoms with van der Waals surface area (Å²) in [6.07, 6.45) is 3.46. The van der Waals surface area contributed by atoms with E-state index in [1.807, 2.05) is 52.1 Å². The molecule has 3 heterocycles. The predicted octanol–water partition coefficient (Wildman–Crippen LogP) is 0.603. The van der Waals surface area contributed by atoms with Gasteiger partial charge >= 0.3 is 0 Å². The second kappa shape index (κ2) is 10.7. The lowest BCUT2D eigenvalue weighted by molar-refractivity contribution is 0.0455. The van der Waals surface area contributed by atoms with E-state index in [0.29, 0.717) is 31.3 Å². The van der Waals surface area contributed by atoms with Crippen LogP contribution in [-0.2, 0) is 13.2 Å². The van der Waals surface area contributed by atoms with Crippen LogP contribution in [0.3, 0.4) is 0 Å². The molecular formula is C29H34B4N4O3. The van der Waals surface area contributed by atoms with E-state index in [2.05, 4.69) is 43.1 Å². The first-order valence-electron chi connectivity index (χ1n) is 13.8. The minimum absolute atomic E-state index is 0.147. The van der Waals surface area contributed by atoms with Crippen LogP contribution < -0.4 is 4.74 Å². The number of fused-ring (bicyclic) bond motifs is 1. The summed E-state index contributed by atoms with van der Waals surface area (Å²) in [7, 11) is 7.30. The normalized spacial score (nSPS) is 13.9. The van der Waals surface area contributed by atoms with E-state index in [1.165, 1.54) is 5.56 Å². The van der Waals surface area contributed by atoms with E-state index < -0.39 is 10.7 Å². The van der Waals surface area contributed by atoms with Crippen molar-refractivity contribution in [3.05, 3.63) is 89.9 Å². The molecule has 0 fully saturated rings. The van der Waals surface area contributed by atoms with Gasteiger partial charge in [0.15, 0.2) is 0 Å². The average Bonchev–Trinajstić information content (AvgIpc) is 3.33.